The Morgan fingerprint density at radius 3 is 2.71 bits per heavy atom. The molecule has 0 aromatic carbocycles. The Morgan fingerprint density at radius 1 is 1.14 bits per heavy atom. The zero-order valence-electron chi connectivity index (χ0n) is 13.2. The Balaban J connectivity index is 1.41. The molecular weight excluding hydrogens is 260 g/mol. The molecule has 1 aromatic rings. The third-order valence-electron chi connectivity index (χ3n) is 5.03. The minimum atomic E-state index is 0.681. The van der Waals surface area contributed by atoms with Crippen molar-refractivity contribution in [1.82, 2.24) is 15.2 Å². The fraction of sp³-hybridized carbons (Fsp3) is 0.706. The molecule has 0 bridgehead atoms. The van der Waals surface area contributed by atoms with E-state index in [1.165, 1.54) is 38.6 Å². The first kappa shape index (κ1) is 14.8. The number of nitrogens with one attached hydrogen (secondary N) is 1. The highest BCUT2D eigenvalue weighted by Gasteiger charge is 2.23. The second kappa shape index (κ2) is 7.23. The number of hydrogen-bond donors (Lipinski definition) is 1. The third-order valence-corrected chi connectivity index (χ3v) is 5.03. The Labute approximate surface area is 128 Å². The zero-order chi connectivity index (χ0) is 14.5. The summed E-state index contributed by atoms with van der Waals surface area (Å²) in [6, 6.07) is 7.60. The second-order valence-corrected chi connectivity index (χ2v) is 6.49. The summed E-state index contributed by atoms with van der Waals surface area (Å²) >= 11 is 0. The smallest absolute Gasteiger partial charge is 0.128 e. The minimum absolute atomic E-state index is 0.681. The molecule has 1 atom stereocenters. The van der Waals surface area contributed by atoms with E-state index in [4.69, 9.17) is 0 Å². The van der Waals surface area contributed by atoms with Crippen LogP contribution in [0, 0.1) is 0 Å². The summed E-state index contributed by atoms with van der Waals surface area (Å²) in [5.41, 5.74) is 0. The third kappa shape index (κ3) is 3.95. The van der Waals surface area contributed by atoms with Crippen molar-refractivity contribution in [2.45, 2.75) is 44.2 Å². The molecular formula is C17H28N4. The predicted octanol–water partition coefficient (Wildman–Crippen LogP) is 2.12. The van der Waals surface area contributed by atoms with Crippen LogP contribution in [-0.2, 0) is 0 Å². The van der Waals surface area contributed by atoms with E-state index < -0.39 is 0 Å². The Bertz CT molecular complexity index is 414. The molecule has 4 nitrogen and oxygen atoms in total. The van der Waals surface area contributed by atoms with Gasteiger partial charge in [0.25, 0.3) is 0 Å². The molecule has 1 N–H and O–H groups in total. The van der Waals surface area contributed by atoms with Gasteiger partial charge in [-0.15, -0.1) is 0 Å². The lowest BCUT2D eigenvalue weighted by molar-refractivity contribution is 0.175. The number of piperidine rings is 2. The van der Waals surface area contributed by atoms with Gasteiger partial charge in [0.15, 0.2) is 0 Å². The molecule has 21 heavy (non-hydrogen) atoms. The van der Waals surface area contributed by atoms with E-state index in [0.717, 1.165) is 31.5 Å². The van der Waals surface area contributed by atoms with E-state index in [2.05, 4.69) is 39.3 Å². The molecule has 0 amide bonds. The first-order valence-electron chi connectivity index (χ1n) is 8.42. The number of rotatable bonds is 4. The maximum absolute atomic E-state index is 4.46. The van der Waals surface area contributed by atoms with Gasteiger partial charge in [-0.3, -0.25) is 0 Å². The summed E-state index contributed by atoms with van der Waals surface area (Å²) in [7, 11) is 2.27. The Morgan fingerprint density at radius 2 is 2.00 bits per heavy atom. The molecule has 0 radical (unpaired) electrons. The monoisotopic (exact) mass is 288 g/mol. The summed E-state index contributed by atoms with van der Waals surface area (Å²) in [4.78, 5) is 9.39. The van der Waals surface area contributed by atoms with Gasteiger partial charge in [0.1, 0.15) is 5.82 Å². The molecule has 116 valence electrons. The standard InChI is InChI=1S/C17H28N4/c1-20-11-5-3-6-16(20)14-19-15-8-12-21(13-9-15)17-7-2-4-10-18-17/h2,4,7,10,15-16,19H,3,5-6,8-9,11-14H2,1H3. The van der Waals surface area contributed by atoms with Crippen LogP contribution in [0.1, 0.15) is 32.1 Å². The summed E-state index contributed by atoms with van der Waals surface area (Å²) in [5, 5.41) is 3.80. The fourth-order valence-corrected chi connectivity index (χ4v) is 3.56. The SMILES string of the molecule is CN1CCCCC1CNC1CCN(c2ccccn2)CC1. The molecule has 2 aliphatic rings. The zero-order valence-corrected chi connectivity index (χ0v) is 13.2. The number of nitrogens with zero attached hydrogens (tertiary/aromatic N) is 3. The normalized spacial score (nSPS) is 25.2. The van der Waals surface area contributed by atoms with Crippen molar-refractivity contribution < 1.29 is 0 Å². The molecule has 4 heteroatoms. The van der Waals surface area contributed by atoms with Crippen LogP contribution in [0.25, 0.3) is 0 Å². The summed E-state index contributed by atoms with van der Waals surface area (Å²) in [6.45, 7) is 4.67. The topological polar surface area (TPSA) is 31.4 Å². The van der Waals surface area contributed by atoms with Crippen molar-refractivity contribution in [2.24, 2.45) is 0 Å². The van der Waals surface area contributed by atoms with Gasteiger partial charge in [-0.2, -0.15) is 0 Å². The van der Waals surface area contributed by atoms with Gasteiger partial charge in [-0.1, -0.05) is 12.5 Å². The number of pyridine rings is 1. The Hall–Kier alpha value is -1.13. The quantitative estimate of drug-likeness (QED) is 0.919. The van der Waals surface area contributed by atoms with Crippen LogP contribution in [0.4, 0.5) is 5.82 Å². The maximum atomic E-state index is 4.46. The van der Waals surface area contributed by atoms with Crippen LogP contribution in [0.2, 0.25) is 0 Å². The van der Waals surface area contributed by atoms with Crippen LogP contribution in [0.15, 0.2) is 24.4 Å². The molecule has 2 fully saturated rings. The van der Waals surface area contributed by atoms with Gasteiger partial charge in [-0.25, -0.2) is 4.98 Å². The van der Waals surface area contributed by atoms with Gasteiger partial charge in [-0.05, 0) is 51.4 Å². The van der Waals surface area contributed by atoms with Crippen LogP contribution in [0.5, 0.6) is 0 Å². The molecule has 0 aliphatic carbocycles. The van der Waals surface area contributed by atoms with Gasteiger partial charge >= 0.3 is 0 Å². The van der Waals surface area contributed by atoms with Gasteiger partial charge < -0.3 is 15.1 Å². The first-order chi connectivity index (χ1) is 10.3. The van der Waals surface area contributed by atoms with Gasteiger partial charge in [0.2, 0.25) is 0 Å². The van der Waals surface area contributed by atoms with E-state index in [0.29, 0.717) is 6.04 Å². The van der Waals surface area contributed by atoms with Crippen LogP contribution in [0.3, 0.4) is 0 Å². The highest BCUT2D eigenvalue weighted by Crippen LogP contribution is 2.18. The van der Waals surface area contributed by atoms with Crippen molar-refractivity contribution in [1.29, 1.82) is 0 Å². The number of anilines is 1. The molecule has 2 saturated heterocycles. The molecule has 1 unspecified atom stereocenters. The van der Waals surface area contributed by atoms with E-state index in [1.54, 1.807) is 0 Å². The molecule has 2 aliphatic heterocycles. The number of likely N-dealkylation sites (N-methyl/N-ethyl adjacent to an activating group) is 1. The minimum Gasteiger partial charge on any atom is -0.357 e. The van der Waals surface area contributed by atoms with Crippen molar-refractivity contribution >= 4 is 5.82 Å². The van der Waals surface area contributed by atoms with E-state index in [1.807, 2.05) is 12.3 Å². The number of aromatic nitrogens is 1. The lowest BCUT2D eigenvalue weighted by Gasteiger charge is -2.36. The molecule has 3 rings (SSSR count). The van der Waals surface area contributed by atoms with Gasteiger partial charge in [0.05, 0.1) is 0 Å². The number of hydrogen-bond acceptors (Lipinski definition) is 4. The van der Waals surface area contributed by atoms with E-state index in [-0.39, 0.29) is 0 Å². The summed E-state index contributed by atoms with van der Waals surface area (Å²) < 4.78 is 0. The first-order valence-corrected chi connectivity index (χ1v) is 8.42. The fourth-order valence-electron chi connectivity index (χ4n) is 3.56. The van der Waals surface area contributed by atoms with E-state index in [9.17, 15) is 0 Å². The molecule has 1 aromatic heterocycles. The Kier molecular flexibility index (Phi) is 5.09. The van der Waals surface area contributed by atoms with Crippen LogP contribution >= 0.6 is 0 Å². The average Bonchev–Trinajstić information content (AvgIpc) is 2.55. The van der Waals surface area contributed by atoms with Crippen molar-refractivity contribution in [3.63, 3.8) is 0 Å². The highest BCUT2D eigenvalue weighted by atomic mass is 15.2. The van der Waals surface area contributed by atoms with Gasteiger partial charge in [0, 0.05) is 37.9 Å². The van der Waals surface area contributed by atoms with Crippen molar-refractivity contribution in [3.05, 3.63) is 24.4 Å². The van der Waals surface area contributed by atoms with E-state index >= 15 is 0 Å². The predicted molar refractivity (Wildman–Crippen MR) is 87.7 cm³/mol. The van der Waals surface area contributed by atoms with Crippen molar-refractivity contribution in [2.75, 3.05) is 38.1 Å². The maximum Gasteiger partial charge on any atom is 0.128 e. The van der Waals surface area contributed by atoms with Crippen LogP contribution < -0.4 is 10.2 Å². The largest absolute Gasteiger partial charge is 0.357 e. The summed E-state index contributed by atoms with van der Waals surface area (Å²) in [5.74, 6) is 1.13. The lowest BCUT2D eigenvalue weighted by Crippen LogP contribution is -2.49. The average molecular weight is 288 g/mol. The summed E-state index contributed by atoms with van der Waals surface area (Å²) in [6.07, 6.45) is 8.47. The van der Waals surface area contributed by atoms with Crippen molar-refractivity contribution in [3.8, 4) is 0 Å². The second-order valence-electron chi connectivity index (χ2n) is 6.49. The lowest BCUT2D eigenvalue weighted by atomic mass is 10.0. The number of likely N-dealkylation sites (tertiary alicyclic amines) is 1. The molecule has 0 saturated carbocycles. The molecule has 0 spiro atoms. The highest BCUT2D eigenvalue weighted by molar-refractivity contribution is 5.38. The molecule has 3 heterocycles. The van der Waals surface area contributed by atoms with Crippen LogP contribution in [-0.4, -0.2) is 55.2 Å².